The molecule has 1 aliphatic rings. The highest BCUT2D eigenvalue weighted by Crippen LogP contribution is 2.32. The smallest absolute Gasteiger partial charge is 0.174 e. The lowest BCUT2D eigenvalue weighted by atomic mass is 10.0. The lowest BCUT2D eigenvalue weighted by Crippen LogP contribution is -2.07. The third-order valence-electron chi connectivity index (χ3n) is 3.10. The molecule has 0 saturated heterocycles. The van der Waals surface area contributed by atoms with E-state index in [1.165, 1.54) is 11.3 Å². The first kappa shape index (κ1) is 11.6. The van der Waals surface area contributed by atoms with Gasteiger partial charge in [-0.05, 0) is 19.3 Å². The lowest BCUT2D eigenvalue weighted by Gasteiger charge is -2.06. The van der Waals surface area contributed by atoms with E-state index >= 15 is 0 Å². The Labute approximate surface area is 110 Å². The van der Waals surface area contributed by atoms with Crippen molar-refractivity contribution < 1.29 is 4.79 Å². The van der Waals surface area contributed by atoms with Crippen LogP contribution in [0.15, 0.2) is 12.4 Å². The van der Waals surface area contributed by atoms with Crippen LogP contribution < -0.4 is 0 Å². The Morgan fingerprint density at radius 1 is 1.44 bits per heavy atom. The highest BCUT2D eigenvalue weighted by molar-refractivity contribution is 7.17. The highest BCUT2D eigenvalue weighted by Gasteiger charge is 2.22. The molecular formula is C13H15N3OS. The van der Waals surface area contributed by atoms with E-state index < -0.39 is 0 Å². The molecule has 0 aromatic carbocycles. The van der Waals surface area contributed by atoms with Crippen LogP contribution in [-0.4, -0.2) is 20.5 Å². The number of thiazole rings is 1. The van der Waals surface area contributed by atoms with Gasteiger partial charge in [-0.1, -0.05) is 6.92 Å². The molecule has 0 aliphatic heterocycles. The number of carbonyl (C=O) groups excluding carboxylic acids is 1. The van der Waals surface area contributed by atoms with Gasteiger partial charge in [0.05, 0.1) is 16.8 Å². The summed E-state index contributed by atoms with van der Waals surface area (Å²) in [5.41, 5.74) is 2.00. The fraction of sp³-hybridized carbons (Fsp3) is 0.462. The average Bonchev–Trinajstić information content (AvgIpc) is 2.96. The first-order chi connectivity index (χ1) is 8.78. The number of aromatic nitrogens is 3. The zero-order valence-corrected chi connectivity index (χ0v) is 11.2. The number of aryl methyl sites for hydroxylation is 2. The van der Waals surface area contributed by atoms with Crippen molar-refractivity contribution in [1.29, 1.82) is 0 Å². The third-order valence-corrected chi connectivity index (χ3v) is 4.29. The zero-order valence-electron chi connectivity index (χ0n) is 10.3. The van der Waals surface area contributed by atoms with Crippen LogP contribution in [-0.2, 0) is 13.0 Å². The molecule has 5 heteroatoms. The minimum absolute atomic E-state index is 0.251. The molecule has 0 spiro atoms. The number of nitrogens with zero attached hydrogens (tertiary/aromatic N) is 3. The summed E-state index contributed by atoms with van der Waals surface area (Å²) in [7, 11) is 0. The molecule has 0 saturated carbocycles. The molecule has 18 heavy (non-hydrogen) atoms. The van der Waals surface area contributed by atoms with Gasteiger partial charge in [0.1, 0.15) is 5.01 Å². The molecule has 0 atom stereocenters. The second kappa shape index (κ2) is 4.65. The maximum atomic E-state index is 11.8. The quantitative estimate of drug-likeness (QED) is 0.853. The van der Waals surface area contributed by atoms with Crippen molar-refractivity contribution in [3.63, 3.8) is 0 Å². The van der Waals surface area contributed by atoms with Crippen LogP contribution in [0.2, 0.25) is 0 Å². The van der Waals surface area contributed by atoms with E-state index in [2.05, 4.69) is 17.0 Å². The van der Waals surface area contributed by atoms with Gasteiger partial charge in [0.15, 0.2) is 5.78 Å². The van der Waals surface area contributed by atoms with Gasteiger partial charge in [-0.15, -0.1) is 11.3 Å². The molecule has 94 valence electrons. The van der Waals surface area contributed by atoms with Gasteiger partial charge in [0, 0.05) is 24.7 Å². The molecule has 0 amide bonds. The molecule has 0 bridgehead atoms. The topological polar surface area (TPSA) is 47.8 Å². The van der Waals surface area contributed by atoms with Crippen LogP contribution in [0, 0.1) is 0 Å². The van der Waals surface area contributed by atoms with Crippen LogP contribution >= 0.6 is 11.3 Å². The standard InChI is InChI=1S/C13H15N3OS/c1-2-6-16-8-9(7-14-16)13-15-10-4-3-5-11(17)12(10)18-13/h7-8H,2-6H2,1H3. The average molecular weight is 261 g/mol. The summed E-state index contributed by atoms with van der Waals surface area (Å²) in [6.45, 7) is 3.05. The Morgan fingerprint density at radius 2 is 2.33 bits per heavy atom. The molecule has 4 nitrogen and oxygen atoms in total. The zero-order chi connectivity index (χ0) is 12.5. The lowest BCUT2D eigenvalue weighted by molar-refractivity contribution is 0.0976. The van der Waals surface area contributed by atoms with Crippen molar-refractivity contribution in [3.05, 3.63) is 23.0 Å². The van der Waals surface area contributed by atoms with Gasteiger partial charge >= 0.3 is 0 Å². The summed E-state index contributed by atoms with van der Waals surface area (Å²) in [6, 6.07) is 0. The van der Waals surface area contributed by atoms with E-state index in [-0.39, 0.29) is 5.78 Å². The molecule has 2 aromatic heterocycles. The summed E-state index contributed by atoms with van der Waals surface area (Å²) in [6.07, 6.45) is 7.45. The summed E-state index contributed by atoms with van der Waals surface area (Å²) < 4.78 is 1.93. The Morgan fingerprint density at radius 3 is 3.11 bits per heavy atom. The number of ketones is 1. The molecule has 2 aromatic rings. The summed E-state index contributed by atoms with van der Waals surface area (Å²) in [5.74, 6) is 0.251. The van der Waals surface area contributed by atoms with E-state index in [1.54, 1.807) is 0 Å². The third kappa shape index (κ3) is 1.99. The monoisotopic (exact) mass is 261 g/mol. The van der Waals surface area contributed by atoms with E-state index in [0.717, 1.165) is 46.9 Å². The van der Waals surface area contributed by atoms with E-state index in [1.807, 2.05) is 17.1 Å². The van der Waals surface area contributed by atoms with Gasteiger partial charge in [-0.3, -0.25) is 9.48 Å². The summed E-state index contributed by atoms with van der Waals surface area (Å²) >= 11 is 1.51. The number of hydrogen-bond donors (Lipinski definition) is 0. The summed E-state index contributed by atoms with van der Waals surface area (Å²) in [5, 5.41) is 5.23. The highest BCUT2D eigenvalue weighted by atomic mass is 32.1. The van der Waals surface area contributed by atoms with E-state index in [9.17, 15) is 4.79 Å². The molecule has 1 aliphatic carbocycles. The van der Waals surface area contributed by atoms with Crippen LogP contribution in [0.4, 0.5) is 0 Å². The van der Waals surface area contributed by atoms with Gasteiger partial charge in [0.2, 0.25) is 0 Å². The van der Waals surface area contributed by atoms with Crippen molar-refractivity contribution in [2.45, 2.75) is 39.2 Å². The minimum Gasteiger partial charge on any atom is -0.293 e. The first-order valence-electron chi connectivity index (χ1n) is 6.33. The normalized spacial score (nSPS) is 14.8. The van der Waals surface area contributed by atoms with Crippen molar-refractivity contribution in [1.82, 2.24) is 14.8 Å². The first-order valence-corrected chi connectivity index (χ1v) is 7.15. The van der Waals surface area contributed by atoms with Crippen LogP contribution in [0.5, 0.6) is 0 Å². The maximum Gasteiger partial charge on any atom is 0.174 e. The van der Waals surface area contributed by atoms with Crippen molar-refractivity contribution >= 4 is 17.1 Å². The molecule has 2 heterocycles. The van der Waals surface area contributed by atoms with Crippen LogP contribution in [0.25, 0.3) is 10.6 Å². The Hall–Kier alpha value is -1.49. The maximum absolute atomic E-state index is 11.8. The molecule has 0 fully saturated rings. The van der Waals surface area contributed by atoms with Gasteiger partial charge in [-0.25, -0.2) is 4.98 Å². The second-order valence-corrected chi connectivity index (χ2v) is 5.56. The van der Waals surface area contributed by atoms with Crippen molar-refractivity contribution in [2.75, 3.05) is 0 Å². The van der Waals surface area contributed by atoms with Crippen molar-refractivity contribution in [2.24, 2.45) is 0 Å². The van der Waals surface area contributed by atoms with Gasteiger partial charge < -0.3 is 0 Å². The minimum atomic E-state index is 0.251. The van der Waals surface area contributed by atoms with Gasteiger partial charge in [0.25, 0.3) is 0 Å². The Bertz CT molecular complexity index is 585. The number of carbonyl (C=O) groups is 1. The number of fused-ring (bicyclic) bond motifs is 1. The van der Waals surface area contributed by atoms with E-state index in [4.69, 9.17) is 0 Å². The molecule has 3 rings (SSSR count). The molecule has 0 N–H and O–H groups in total. The van der Waals surface area contributed by atoms with Crippen LogP contribution in [0.1, 0.15) is 41.6 Å². The number of hydrogen-bond acceptors (Lipinski definition) is 4. The fourth-order valence-electron chi connectivity index (χ4n) is 2.22. The van der Waals surface area contributed by atoms with Crippen molar-refractivity contribution in [3.8, 4) is 10.6 Å². The molecule has 0 radical (unpaired) electrons. The largest absolute Gasteiger partial charge is 0.293 e. The predicted molar refractivity (Wildman–Crippen MR) is 70.9 cm³/mol. The predicted octanol–water partition coefficient (Wildman–Crippen LogP) is 2.94. The van der Waals surface area contributed by atoms with Crippen LogP contribution in [0.3, 0.4) is 0 Å². The van der Waals surface area contributed by atoms with E-state index in [0.29, 0.717) is 6.42 Å². The molecule has 0 unspecified atom stereocenters. The fourth-order valence-corrected chi connectivity index (χ4v) is 3.27. The number of rotatable bonds is 3. The van der Waals surface area contributed by atoms with Gasteiger partial charge in [-0.2, -0.15) is 5.10 Å². The Balaban J connectivity index is 1.94. The second-order valence-electron chi connectivity index (χ2n) is 4.56. The number of Topliss-reactive ketones (excluding diaryl/α,β-unsaturated/α-hetero) is 1. The molecular weight excluding hydrogens is 246 g/mol. The summed E-state index contributed by atoms with van der Waals surface area (Å²) in [4.78, 5) is 17.2. The SMILES string of the molecule is CCCn1cc(-c2nc3c(s2)C(=O)CCC3)cn1. The Kier molecular flexibility index (Phi) is 2.99.